The molecule has 0 aliphatic carbocycles. The highest BCUT2D eigenvalue weighted by molar-refractivity contribution is 5.94. The molecule has 2 aliphatic heterocycles. The summed E-state index contributed by atoms with van der Waals surface area (Å²) in [5, 5.41) is 10.5. The Morgan fingerprint density at radius 1 is 1.23 bits per heavy atom. The first kappa shape index (κ1) is 24.0. The molecule has 174 valence electrons. The second kappa shape index (κ2) is 12.4. The Morgan fingerprint density at radius 3 is 2.68 bits per heavy atom. The van der Waals surface area contributed by atoms with Crippen LogP contribution in [0.25, 0.3) is 0 Å². The van der Waals surface area contributed by atoms with Crippen molar-refractivity contribution >= 4 is 5.91 Å². The number of amides is 1. The van der Waals surface area contributed by atoms with Gasteiger partial charge in [0.05, 0.1) is 44.2 Å². The van der Waals surface area contributed by atoms with E-state index in [0.717, 1.165) is 19.6 Å². The lowest BCUT2D eigenvalue weighted by atomic mass is 10.1. The molecule has 1 aromatic carbocycles. The molecule has 0 saturated carbocycles. The number of β-amino-alcohol motifs (C(OH)–C–C–N with tert-alkyl or cyclic N) is 1. The molecule has 2 heterocycles. The van der Waals surface area contributed by atoms with Gasteiger partial charge in [-0.05, 0) is 12.1 Å². The van der Waals surface area contributed by atoms with E-state index in [1.165, 1.54) is 12.1 Å². The Kier molecular flexibility index (Phi) is 9.63. The Labute approximate surface area is 183 Å². The number of benzene rings is 1. The number of carbonyl (C=O) groups excluding carboxylic acids is 1. The minimum Gasteiger partial charge on any atom is -0.390 e. The fourth-order valence-corrected chi connectivity index (χ4v) is 4.02. The number of methoxy groups -OCH3 is 1. The van der Waals surface area contributed by atoms with Gasteiger partial charge >= 0.3 is 0 Å². The lowest BCUT2D eigenvalue weighted by molar-refractivity contribution is -0.0564. The lowest BCUT2D eigenvalue weighted by Gasteiger charge is -2.37. The molecule has 2 saturated heterocycles. The van der Waals surface area contributed by atoms with Gasteiger partial charge in [-0.15, -0.1) is 0 Å². The first-order chi connectivity index (χ1) is 15.1. The van der Waals surface area contributed by atoms with Gasteiger partial charge < -0.3 is 24.2 Å². The Hall–Kier alpha value is -1.62. The summed E-state index contributed by atoms with van der Waals surface area (Å²) in [4.78, 5) is 18.9. The fourth-order valence-electron chi connectivity index (χ4n) is 4.02. The third kappa shape index (κ3) is 7.48. The van der Waals surface area contributed by atoms with Crippen LogP contribution in [0.15, 0.2) is 24.3 Å². The maximum absolute atomic E-state index is 14.1. The molecule has 0 spiro atoms. The Bertz CT molecular complexity index is 689. The number of nitrogens with zero attached hydrogens (tertiary/aromatic N) is 3. The molecule has 8 nitrogen and oxygen atoms in total. The number of ether oxygens (including phenoxy) is 3. The number of rotatable bonds is 10. The van der Waals surface area contributed by atoms with Crippen molar-refractivity contribution in [3.05, 3.63) is 35.6 Å². The molecule has 9 heteroatoms. The van der Waals surface area contributed by atoms with Gasteiger partial charge in [-0.1, -0.05) is 12.1 Å². The van der Waals surface area contributed by atoms with Crippen molar-refractivity contribution in [1.29, 1.82) is 0 Å². The molecule has 0 unspecified atom stereocenters. The number of halogens is 1. The van der Waals surface area contributed by atoms with Crippen molar-refractivity contribution in [2.45, 2.75) is 12.2 Å². The summed E-state index contributed by atoms with van der Waals surface area (Å²) in [7, 11) is 1.57. The van der Waals surface area contributed by atoms with Crippen LogP contribution in [0.2, 0.25) is 0 Å². The smallest absolute Gasteiger partial charge is 0.256 e. The van der Waals surface area contributed by atoms with Crippen molar-refractivity contribution in [2.75, 3.05) is 85.9 Å². The Morgan fingerprint density at radius 2 is 1.94 bits per heavy atom. The predicted molar refractivity (Wildman–Crippen MR) is 114 cm³/mol. The maximum Gasteiger partial charge on any atom is 0.256 e. The van der Waals surface area contributed by atoms with Crippen molar-refractivity contribution in [2.24, 2.45) is 0 Å². The Balaban J connectivity index is 1.54. The van der Waals surface area contributed by atoms with E-state index < -0.39 is 11.9 Å². The predicted octanol–water partition coefficient (Wildman–Crippen LogP) is 0.308. The molecular formula is C22H34FN3O5. The summed E-state index contributed by atoms with van der Waals surface area (Å²) in [6.07, 6.45) is -0.668. The van der Waals surface area contributed by atoms with Crippen LogP contribution in [-0.4, -0.2) is 124 Å². The number of carbonyl (C=O) groups is 1. The average Bonchev–Trinajstić information content (AvgIpc) is 2.77. The largest absolute Gasteiger partial charge is 0.390 e. The van der Waals surface area contributed by atoms with E-state index in [4.69, 9.17) is 14.2 Å². The molecular weight excluding hydrogens is 405 g/mol. The standard InChI is InChI=1S/C22H34FN3O5/c1-29-10-9-26(22(28)20-4-2-3-5-21(20)23)17-19-16-25(8-13-31-19)15-18(27)14-24-6-11-30-12-7-24/h2-5,18-19,27H,6-17H2,1H3/t18-,19+/m0/s1. The van der Waals surface area contributed by atoms with Crippen LogP contribution in [-0.2, 0) is 14.2 Å². The second-order valence-electron chi connectivity index (χ2n) is 8.04. The topological polar surface area (TPSA) is 74.7 Å². The number of hydrogen-bond donors (Lipinski definition) is 1. The quantitative estimate of drug-likeness (QED) is 0.562. The van der Waals surface area contributed by atoms with Crippen molar-refractivity contribution in [1.82, 2.24) is 14.7 Å². The van der Waals surface area contributed by atoms with E-state index in [1.54, 1.807) is 24.1 Å². The molecule has 0 aromatic heterocycles. The number of aliphatic hydroxyl groups excluding tert-OH is 1. The van der Waals surface area contributed by atoms with E-state index in [1.807, 2.05) is 0 Å². The van der Waals surface area contributed by atoms with Crippen LogP contribution in [0.1, 0.15) is 10.4 Å². The van der Waals surface area contributed by atoms with Crippen LogP contribution in [0.4, 0.5) is 4.39 Å². The highest BCUT2D eigenvalue weighted by Crippen LogP contribution is 2.14. The van der Waals surface area contributed by atoms with E-state index in [0.29, 0.717) is 59.2 Å². The molecule has 2 aliphatic rings. The number of aliphatic hydroxyl groups is 1. The molecule has 0 bridgehead atoms. The van der Waals surface area contributed by atoms with E-state index in [-0.39, 0.29) is 17.6 Å². The third-order valence-electron chi connectivity index (χ3n) is 5.65. The van der Waals surface area contributed by atoms with Gasteiger partial charge in [0.1, 0.15) is 5.82 Å². The van der Waals surface area contributed by atoms with Crippen LogP contribution in [0.5, 0.6) is 0 Å². The number of morpholine rings is 2. The van der Waals surface area contributed by atoms with Crippen LogP contribution in [0, 0.1) is 5.82 Å². The van der Waals surface area contributed by atoms with Crippen molar-refractivity contribution in [3.63, 3.8) is 0 Å². The molecule has 1 amide bonds. The van der Waals surface area contributed by atoms with Gasteiger partial charge in [-0.3, -0.25) is 14.6 Å². The summed E-state index contributed by atoms with van der Waals surface area (Å²) in [5.41, 5.74) is 0.0483. The van der Waals surface area contributed by atoms with E-state index in [2.05, 4.69) is 9.80 Å². The van der Waals surface area contributed by atoms with Crippen LogP contribution in [0.3, 0.4) is 0 Å². The summed E-state index contributed by atoms with van der Waals surface area (Å²) in [6.45, 7) is 7.19. The summed E-state index contributed by atoms with van der Waals surface area (Å²) < 4.78 is 30.5. The first-order valence-corrected chi connectivity index (χ1v) is 10.9. The number of hydrogen-bond acceptors (Lipinski definition) is 7. The zero-order valence-electron chi connectivity index (χ0n) is 18.2. The normalized spacial score (nSPS) is 21.7. The molecule has 1 N–H and O–H groups in total. The zero-order chi connectivity index (χ0) is 22.1. The lowest BCUT2D eigenvalue weighted by Crippen LogP contribution is -2.52. The van der Waals surface area contributed by atoms with Gasteiger partial charge in [-0.2, -0.15) is 0 Å². The van der Waals surface area contributed by atoms with Crippen LogP contribution < -0.4 is 0 Å². The van der Waals surface area contributed by atoms with E-state index in [9.17, 15) is 14.3 Å². The minimum atomic E-state index is -0.535. The van der Waals surface area contributed by atoms with Gasteiger partial charge in [-0.25, -0.2) is 4.39 Å². The molecule has 2 atom stereocenters. The monoisotopic (exact) mass is 439 g/mol. The van der Waals surface area contributed by atoms with Gasteiger partial charge in [0, 0.05) is 59.5 Å². The van der Waals surface area contributed by atoms with Gasteiger partial charge in [0.15, 0.2) is 0 Å². The molecule has 2 fully saturated rings. The molecule has 3 rings (SSSR count). The highest BCUT2D eigenvalue weighted by Gasteiger charge is 2.28. The SMILES string of the molecule is COCCN(C[C@H]1CN(C[C@@H](O)CN2CCOCC2)CCO1)C(=O)c1ccccc1F. The molecule has 0 radical (unpaired) electrons. The second-order valence-corrected chi connectivity index (χ2v) is 8.04. The van der Waals surface area contributed by atoms with Crippen LogP contribution >= 0.6 is 0 Å². The highest BCUT2D eigenvalue weighted by atomic mass is 19.1. The van der Waals surface area contributed by atoms with Crippen molar-refractivity contribution in [3.8, 4) is 0 Å². The third-order valence-corrected chi connectivity index (χ3v) is 5.65. The summed E-state index contributed by atoms with van der Waals surface area (Å²) >= 11 is 0. The minimum absolute atomic E-state index is 0.0483. The van der Waals surface area contributed by atoms with Gasteiger partial charge in [0.25, 0.3) is 5.91 Å². The van der Waals surface area contributed by atoms with Crippen molar-refractivity contribution < 1.29 is 28.5 Å². The molecule has 1 aromatic rings. The molecule has 31 heavy (non-hydrogen) atoms. The maximum atomic E-state index is 14.1. The summed E-state index contributed by atoms with van der Waals surface area (Å²) in [6, 6.07) is 6.00. The fraction of sp³-hybridized carbons (Fsp3) is 0.682. The first-order valence-electron chi connectivity index (χ1n) is 10.9. The summed E-state index contributed by atoms with van der Waals surface area (Å²) in [5.74, 6) is -0.907. The van der Waals surface area contributed by atoms with Gasteiger partial charge in [0.2, 0.25) is 0 Å². The average molecular weight is 440 g/mol. The van der Waals surface area contributed by atoms with E-state index >= 15 is 0 Å². The zero-order valence-corrected chi connectivity index (χ0v) is 18.2.